The van der Waals surface area contributed by atoms with Crippen molar-refractivity contribution in [2.75, 3.05) is 6.54 Å². The van der Waals surface area contributed by atoms with Crippen molar-refractivity contribution in [3.8, 4) is 0 Å². The lowest BCUT2D eigenvalue weighted by Crippen LogP contribution is -2.47. The summed E-state index contributed by atoms with van der Waals surface area (Å²) in [5.41, 5.74) is 0.890. The smallest absolute Gasteiger partial charge is 0.326 e. The van der Waals surface area contributed by atoms with Crippen LogP contribution >= 0.6 is 0 Å². The summed E-state index contributed by atoms with van der Waals surface area (Å²) in [6, 6.07) is 7.99. The third-order valence-electron chi connectivity index (χ3n) is 3.91. The van der Waals surface area contributed by atoms with Crippen molar-refractivity contribution < 1.29 is 14.7 Å². The van der Waals surface area contributed by atoms with Crippen LogP contribution in [0.4, 0.5) is 4.79 Å². The van der Waals surface area contributed by atoms with Crippen molar-refractivity contribution in [3.63, 3.8) is 0 Å². The van der Waals surface area contributed by atoms with Gasteiger partial charge in [0.25, 0.3) is 0 Å². The molecule has 0 heterocycles. The molecular weight excluding hydrogens is 268 g/mol. The standard InChI is InChI=1S/C16H22N2O3/c19-15(20)14(10-12-6-2-1-3-7-12)18-16(21)17-11-13-8-4-5-9-13/h1-3,6-7,13-14H,4-5,8-11H2,(H,19,20)(H2,17,18,21)/t14-/m0/s1. The molecule has 5 nitrogen and oxygen atoms in total. The topological polar surface area (TPSA) is 78.4 Å². The highest BCUT2D eigenvalue weighted by Gasteiger charge is 2.21. The van der Waals surface area contributed by atoms with E-state index in [1.165, 1.54) is 12.8 Å². The molecule has 0 unspecified atom stereocenters. The monoisotopic (exact) mass is 290 g/mol. The molecule has 1 aliphatic rings. The highest BCUT2D eigenvalue weighted by molar-refractivity contribution is 5.82. The third kappa shape index (κ3) is 5.10. The second-order valence-electron chi connectivity index (χ2n) is 5.59. The number of amides is 2. The van der Waals surface area contributed by atoms with Gasteiger partial charge in [-0.25, -0.2) is 9.59 Å². The van der Waals surface area contributed by atoms with E-state index >= 15 is 0 Å². The summed E-state index contributed by atoms with van der Waals surface area (Å²) in [4.78, 5) is 23.1. The van der Waals surface area contributed by atoms with Gasteiger partial charge in [0.1, 0.15) is 6.04 Å². The molecule has 3 N–H and O–H groups in total. The second-order valence-corrected chi connectivity index (χ2v) is 5.59. The molecule has 2 rings (SSSR count). The van der Waals surface area contributed by atoms with Gasteiger partial charge in [-0.15, -0.1) is 0 Å². The van der Waals surface area contributed by atoms with Gasteiger partial charge in [0, 0.05) is 13.0 Å². The summed E-state index contributed by atoms with van der Waals surface area (Å²) in [7, 11) is 0. The molecule has 21 heavy (non-hydrogen) atoms. The molecule has 0 aliphatic heterocycles. The van der Waals surface area contributed by atoms with Gasteiger partial charge in [-0.3, -0.25) is 0 Å². The zero-order chi connectivity index (χ0) is 15.1. The Morgan fingerprint density at radius 3 is 2.48 bits per heavy atom. The SMILES string of the molecule is O=C(NCC1CCCC1)N[C@@H](Cc1ccccc1)C(=O)O. The average molecular weight is 290 g/mol. The largest absolute Gasteiger partial charge is 0.480 e. The number of aliphatic carboxylic acids is 1. The number of carbonyl (C=O) groups excluding carboxylic acids is 1. The molecule has 5 heteroatoms. The number of hydrogen-bond acceptors (Lipinski definition) is 2. The first-order valence-electron chi connectivity index (χ1n) is 7.46. The van der Waals surface area contributed by atoms with Gasteiger partial charge in [-0.2, -0.15) is 0 Å². The molecular formula is C16H22N2O3. The summed E-state index contributed by atoms with van der Waals surface area (Å²) in [6.07, 6.45) is 5.02. The number of carboxylic acids is 1. The van der Waals surface area contributed by atoms with E-state index in [9.17, 15) is 14.7 Å². The quantitative estimate of drug-likeness (QED) is 0.751. The predicted molar refractivity (Wildman–Crippen MR) is 80.1 cm³/mol. The fourth-order valence-corrected chi connectivity index (χ4v) is 2.71. The van der Waals surface area contributed by atoms with Crippen LogP contribution in [-0.2, 0) is 11.2 Å². The summed E-state index contributed by atoms with van der Waals surface area (Å²) < 4.78 is 0. The van der Waals surface area contributed by atoms with Crippen LogP contribution in [0.2, 0.25) is 0 Å². The van der Waals surface area contributed by atoms with Gasteiger partial charge < -0.3 is 15.7 Å². The maximum absolute atomic E-state index is 11.8. The first kappa shape index (κ1) is 15.4. The van der Waals surface area contributed by atoms with Gasteiger partial charge in [-0.05, 0) is 24.3 Å². The molecule has 1 aromatic carbocycles. The molecule has 2 amide bonds. The second kappa shape index (κ2) is 7.67. The molecule has 1 saturated carbocycles. The Morgan fingerprint density at radius 2 is 1.86 bits per heavy atom. The van der Waals surface area contributed by atoms with Crippen LogP contribution in [-0.4, -0.2) is 29.7 Å². The molecule has 1 aromatic rings. The van der Waals surface area contributed by atoms with E-state index in [2.05, 4.69) is 10.6 Å². The number of nitrogens with one attached hydrogen (secondary N) is 2. The van der Waals surface area contributed by atoms with Crippen molar-refractivity contribution in [2.45, 2.75) is 38.1 Å². The maximum atomic E-state index is 11.8. The van der Waals surface area contributed by atoms with Crippen LogP contribution in [0.1, 0.15) is 31.2 Å². The Morgan fingerprint density at radius 1 is 1.19 bits per heavy atom. The van der Waals surface area contributed by atoms with Gasteiger partial charge in [0.15, 0.2) is 0 Å². The Labute approximate surface area is 124 Å². The summed E-state index contributed by atoms with van der Waals surface area (Å²) >= 11 is 0. The fourth-order valence-electron chi connectivity index (χ4n) is 2.71. The van der Waals surface area contributed by atoms with Crippen LogP contribution in [0.5, 0.6) is 0 Å². The molecule has 0 aromatic heterocycles. The molecule has 0 saturated heterocycles. The van der Waals surface area contributed by atoms with E-state index in [0.717, 1.165) is 18.4 Å². The number of carboxylic acid groups (broad SMARTS) is 1. The molecule has 0 bridgehead atoms. The van der Waals surface area contributed by atoms with Gasteiger partial charge in [0.2, 0.25) is 0 Å². The number of carbonyl (C=O) groups is 2. The minimum absolute atomic E-state index is 0.285. The summed E-state index contributed by atoms with van der Waals surface area (Å²) in [5.74, 6) is -0.483. The number of hydrogen-bond donors (Lipinski definition) is 3. The average Bonchev–Trinajstić information content (AvgIpc) is 2.99. The first-order valence-corrected chi connectivity index (χ1v) is 7.46. The number of urea groups is 1. The van der Waals surface area contributed by atoms with E-state index in [4.69, 9.17) is 0 Å². The lowest BCUT2D eigenvalue weighted by Gasteiger charge is -2.16. The van der Waals surface area contributed by atoms with Crippen LogP contribution < -0.4 is 10.6 Å². The van der Waals surface area contributed by atoms with Crippen LogP contribution in [0, 0.1) is 5.92 Å². The molecule has 1 fully saturated rings. The highest BCUT2D eigenvalue weighted by Crippen LogP contribution is 2.23. The van der Waals surface area contributed by atoms with Gasteiger partial charge >= 0.3 is 12.0 Å². The zero-order valence-corrected chi connectivity index (χ0v) is 12.0. The van der Waals surface area contributed by atoms with Crippen molar-refractivity contribution >= 4 is 12.0 Å². The minimum Gasteiger partial charge on any atom is -0.480 e. The van der Waals surface area contributed by atoms with Crippen molar-refractivity contribution in [2.24, 2.45) is 5.92 Å². The van der Waals surface area contributed by atoms with Gasteiger partial charge in [-0.1, -0.05) is 43.2 Å². The van der Waals surface area contributed by atoms with E-state index in [1.54, 1.807) is 0 Å². The molecule has 0 radical (unpaired) electrons. The summed E-state index contributed by atoms with van der Waals surface area (Å²) in [6.45, 7) is 0.628. The van der Waals surface area contributed by atoms with Crippen LogP contribution in [0.25, 0.3) is 0 Å². The fraction of sp³-hybridized carbons (Fsp3) is 0.500. The summed E-state index contributed by atoms with van der Waals surface area (Å²) in [5, 5.41) is 14.5. The first-order chi connectivity index (χ1) is 10.1. The molecule has 114 valence electrons. The Bertz CT molecular complexity index is 470. The van der Waals surface area contributed by atoms with Crippen molar-refractivity contribution in [1.82, 2.24) is 10.6 Å². The van der Waals surface area contributed by atoms with Gasteiger partial charge in [0.05, 0.1) is 0 Å². The molecule has 0 spiro atoms. The lowest BCUT2D eigenvalue weighted by atomic mass is 10.1. The maximum Gasteiger partial charge on any atom is 0.326 e. The zero-order valence-electron chi connectivity index (χ0n) is 12.0. The Hall–Kier alpha value is -2.04. The molecule has 1 atom stereocenters. The lowest BCUT2D eigenvalue weighted by molar-refractivity contribution is -0.139. The van der Waals surface area contributed by atoms with E-state index < -0.39 is 18.0 Å². The van der Waals surface area contributed by atoms with Crippen molar-refractivity contribution in [3.05, 3.63) is 35.9 Å². The van der Waals surface area contributed by atoms with E-state index in [1.807, 2.05) is 30.3 Å². The number of benzene rings is 1. The van der Waals surface area contributed by atoms with Crippen LogP contribution in [0.3, 0.4) is 0 Å². The molecule has 1 aliphatic carbocycles. The van der Waals surface area contributed by atoms with Crippen molar-refractivity contribution in [1.29, 1.82) is 0 Å². The number of rotatable bonds is 6. The Kier molecular flexibility index (Phi) is 5.60. The Balaban J connectivity index is 1.81. The third-order valence-corrected chi connectivity index (χ3v) is 3.91. The predicted octanol–water partition coefficient (Wildman–Crippen LogP) is 2.17. The normalized spacial score (nSPS) is 16.4. The van der Waals surface area contributed by atoms with Crippen LogP contribution in [0.15, 0.2) is 30.3 Å². The highest BCUT2D eigenvalue weighted by atomic mass is 16.4. The van der Waals surface area contributed by atoms with E-state index in [0.29, 0.717) is 12.5 Å². The minimum atomic E-state index is -1.02. The van der Waals surface area contributed by atoms with E-state index in [-0.39, 0.29) is 6.42 Å².